The number of aromatic nitrogens is 2. The zero-order valence-electron chi connectivity index (χ0n) is 18.5. The molecular weight excluding hydrogens is 414 g/mol. The zero-order valence-corrected chi connectivity index (χ0v) is 19.3. The van der Waals surface area contributed by atoms with E-state index in [4.69, 9.17) is 0 Å². The number of anilines is 1. The lowest BCUT2D eigenvalue weighted by Crippen LogP contribution is -2.49. The van der Waals surface area contributed by atoms with Gasteiger partial charge in [0.2, 0.25) is 5.03 Å². The average Bonchev–Trinajstić information content (AvgIpc) is 3.49. The number of aryl methyl sites for hydroxylation is 2. The molecule has 0 bridgehead atoms. The highest BCUT2D eigenvalue weighted by atomic mass is 32.2. The van der Waals surface area contributed by atoms with E-state index < -0.39 is 10.0 Å². The Hall–Kier alpha value is -2.39. The van der Waals surface area contributed by atoms with Gasteiger partial charge in [-0.05, 0) is 56.7 Å². The van der Waals surface area contributed by atoms with Crippen LogP contribution in [0, 0.1) is 19.8 Å². The molecule has 168 valence electrons. The van der Waals surface area contributed by atoms with Crippen LogP contribution in [0.4, 0.5) is 5.69 Å². The third-order valence-corrected chi connectivity index (χ3v) is 8.12. The fourth-order valence-corrected chi connectivity index (χ4v) is 5.46. The molecule has 0 unspecified atom stereocenters. The van der Waals surface area contributed by atoms with Crippen molar-refractivity contribution in [2.75, 3.05) is 37.6 Å². The first-order valence-corrected chi connectivity index (χ1v) is 12.4. The van der Waals surface area contributed by atoms with Gasteiger partial charge in [-0.3, -0.25) is 9.48 Å². The first kappa shape index (κ1) is 21.8. The topological polar surface area (TPSA) is 87.5 Å². The normalized spacial score (nSPS) is 17.7. The van der Waals surface area contributed by atoms with E-state index in [0.29, 0.717) is 45.2 Å². The quantitative estimate of drug-likeness (QED) is 0.706. The summed E-state index contributed by atoms with van der Waals surface area (Å²) in [7, 11) is -3.86. The number of hydrogen-bond acceptors (Lipinski definition) is 5. The highest BCUT2D eigenvalue weighted by molar-refractivity contribution is 7.89. The van der Waals surface area contributed by atoms with Gasteiger partial charge in [-0.15, -0.1) is 0 Å². The van der Waals surface area contributed by atoms with Crippen molar-refractivity contribution in [3.63, 3.8) is 0 Å². The van der Waals surface area contributed by atoms with Gasteiger partial charge in [-0.1, -0.05) is 12.1 Å². The van der Waals surface area contributed by atoms with Crippen molar-refractivity contribution in [1.29, 1.82) is 0 Å². The third-order valence-electron chi connectivity index (χ3n) is 6.28. The van der Waals surface area contributed by atoms with Crippen molar-refractivity contribution in [1.82, 2.24) is 19.4 Å². The van der Waals surface area contributed by atoms with E-state index in [1.165, 1.54) is 20.1 Å². The fraction of sp³-hybridized carbons (Fsp3) is 0.545. The van der Waals surface area contributed by atoms with Gasteiger partial charge in [0.25, 0.3) is 15.9 Å². The lowest BCUT2D eigenvalue weighted by atomic mass is 10.1. The van der Waals surface area contributed by atoms with E-state index in [1.54, 1.807) is 6.20 Å². The van der Waals surface area contributed by atoms with Gasteiger partial charge < -0.3 is 10.2 Å². The van der Waals surface area contributed by atoms with E-state index in [9.17, 15) is 13.2 Å². The maximum atomic E-state index is 13.4. The molecule has 2 aromatic rings. The van der Waals surface area contributed by atoms with Crippen LogP contribution in [-0.2, 0) is 16.6 Å². The molecule has 1 amide bonds. The Morgan fingerprint density at radius 1 is 1.16 bits per heavy atom. The number of nitrogens with one attached hydrogen (secondary N) is 1. The van der Waals surface area contributed by atoms with E-state index in [-0.39, 0.29) is 16.5 Å². The minimum atomic E-state index is -3.86. The Morgan fingerprint density at radius 3 is 2.52 bits per heavy atom. The molecule has 1 N–H and O–H groups in total. The van der Waals surface area contributed by atoms with Crippen LogP contribution in [0.2, 0.25) is 0 Å². The van der Waals surface area contributed by atoms with Crippen molar-refractivity contribution < 1.29 is 13.2 Å². The first-order chi connectivity index (χ1) is 14.8. The molecule has 2 fully saturated rings. The Balaban J connectivity index is 1.51. The summed E-state index contributed by atoms with van der Waals surface area (Å²) < 4.78 is 29.8. The maximum absolute atomic E-state index is 13.4. The van der Waals surface area contributed by atoms with Crippen LogP contribution in [0.25, 0.3) is 0 Å². The summed E-state index contributed by atoms with van der Waals surface area (Å²) in [4.78, 5) is 14.9. The van der Waals surface area contributed by atoms with E-state index in [0.717, 1.165) is 18.5 Å². The summed E-state index contributed by atoms with van der Waals surface area (Å²) in [5, 5.41) is 6.99. The highest BCUT2D eigenvalue weighted by Crippen LogP contribution is 2.28. The zero-order chi connectivity index (χ0) is 22.2. The lowest BCUT2D eigenvalue weighted by Gasteiger charge is -2.36. The second kappa shape index (κ2) is 8.63. The second-order valence-electron chi connectivity index (χ2n) is 8.47. The smallest absolute Gasteiger partial charge is 0.263 e. The molecule has 1 aliphatic carbocycles. The maximum Gasteiger partial charge on any atom is 0.263 e. The molecule has 0 spiro atoms. The van der Waals surface area contributed by atoms with Gasteiger partial charge >= 0.3 is 0 Å². The van der Waals surface area contributed by atoms with Crippen molar-refractivity contribution >= 4 is 21.6 Å². The van der Waals surface area contributed by atoms with Crippen LogP contribution in [0.3, 0.4) is 0 Å². The Morgan fingerprint density at radius 2 is 1.87 bits per heavy atom. The highest BCUT2D eigenvalue weighted by Gasteiger charge is 2.35. The van der Waals surface area contributed by atoms with Crippen LogP contribution in [0.5, 0.6) is 0 Å². The van der Waals surface area contributed by atoms with Crippen LogP contribution < -0.4 is 10.2 Å². The minimum absolute atomic E-state index is 0.136. The van der Waals surface area contributed by atoms with Gasteiger partial charge in [0.15, 0.2) is 0 Å². The molecule has 8 nitrogen and oxygen atoms in total. The number of piperazine rings is 1. The summed E-state index contributed by atoms with van der Waals surface area (Å²) in [6, 6.07) is 6.20. The Labute approximate surface area is 184 Å². The number of rotatable bonds is 7. The number of nitrogens with zero attached hydrogens (tertiary/aromatic N) is 4. The summed E-state index contributed by atoms with van der Waals surface area (Å²) in [6.45, 7) is 9.05. The number of carbonyl (C=O) groups excluding carboxylic acids is 1. The largest absolute Gasteiger partial charge is 0.369 e. The van der Waals surface area contributed by atoms with Crippen molar-refractivity contribution in [2.24, 2.45) is 5.92 Å². The number of benzene rings is 1. The summed E-state index contributed by atoms with van der Waals surface area (Å²) in [6.07, 6.45) is 3.77. The van der Waals surface area contributed by atoms with E-state index in [2.05, 4.69) is 41.3 Å². The van der Waals surface area contributed by atoms with Gasteiger partial charge in [0, 0.05) is 51.2 Å². The standard InChI is InChI=1S/C22H31N5O3S/c1-4-26-15-19(21(28)23-14-18-8-9-18)22(24-26)31(29,30)27-12-10-25(11-13-27)20-7-5-6-16(2)17(20)3/h5-7,15,18H,4,8-14H2,1-3H3,(H,23,28). The third kappa shape index (κ3) is 4.48. The molecule has 1 aromatic heterocycles. The van der Waals surface area contributed by atoms with Gasteiger partial charge in [0.05, 0.1) is 5.56 Å². The lowest BCUT2D eigenvalue weighted by molar-refractivity contribution is 0.0948. The molecule has 1 aliphatic heterocycles. The number of carbonyl (C=O) groups is 1. The van der Waals surface area contributed by atoms with Crippen LogP contribution in [0.1, 0.15) is 41.3 Å². The molecule has 2 aliphatic rings. The average molecular weight is 446 g/mol. The monoisotopic (exact) mass is 445 g/mol. The second-order valence-corrected chi connectivity index (χ2v) is 10.3. The minimum Gasteiger partial charge on any atom is -0.369 e. The molecule has 4 rings (SSSR count). The van der Waals surface area contributed by atoms with Crippen LogP contribution in [-0.4, -0.2) is 61.1 Å². The molecule has 0 radical (unpaired) electrons. The summed E-state index contributed by atoms with van der Waals surface area (Å²) in [5.41, 5.74) is 3.72. The van der Waals surface area contributed by atoms with E-state index in [1.807, 2.05) is 13.0 Å². The van der Waals surface area contributed by atoms with Crippen molar-refractivity contribution in [3.05, 3.63) is 41.1 Å². The summed E-state index contributed by atoms with van der Waals surface area (Å²) in [5.74, 6) is 0.155. The number of sulfonamides is 1. The molecule has 1 saturated heterocycles. The number of amides is 1. The molecule has 2 heterocycles. The molecule has 31 heavy (non-hydrogen) atoms. The molecule has 1 saturated carbocycles. The number of hydrogen-bond donors (Lipinski definition) is 1. The predicted octanol–water partition coefficient (Wildman–Crippen LogP) is 2.17. The molecule has 9 heteroatoms. The fourth-order valence-electron chi connectivity index (χ4n) is 3.94. The van der Waals surface area contributed by atoms with Gasteiger partial charge in [-0.2, -0.15) is 9.40 Å². The molecule has 1 aromatic carbocycles. The van der Waals surface area contributed by atoms with Crippen molar-refractivity contribution in [3.8, 4) is 0 Å². The van der Waals surface area contributed by atoms with Crippen molar-refractivity contribution in [2.45, 2.75) is 45.2 Å². The Bertz CT molecular complexity index is 1070. The predicted molar refractivity (Wildman–Crippen MR) is 120 cm³/mol. The summed E-state index contributed by atoms with van der Waals surface area (Å²) >= 11 is 0. The SMILES string of the molecule is CCn1cc(C(=O)NCC2CC2)c(S(=O)(=O)N2CCN(c3cccc(C)c3C)CC2)n1. The van der Waals surface area contributed by atoms with Crippen LogP contribution in [0.15, 0.2) is 29.4 Å². The van der Waals surface area contributed by atoms with Gasteiger partial charge in [-0.25, -0.2) is 8.42 Å². The Kier molecular flexibility index (Phi) is 6.07. The molecular formula is C22H31N5O3S. The first-order valence-electron chi connectivity index (χ1n) is 11.0. The van der Waals surface area contributed by atoms with Crippen LogP contribution >= 0.6 is 0 Å². The van der Waals surface area contributed by atoms with Gasteiger partial charge in [0.1, 0.15) is 0 Å². The molecule has 0 atom stereocenters. The van der Waals surface area contributed by atoms with E-state index >= 15 is 0 Å².